The SMILES string of the molecule is N#Cc1ccsc1NS(=O)(=O)CCSc1cccc(N)c1. The van der Waals surface area contributed by atoms with Crippen molar-refractivity contribution in [2.75, 3.05) is 22.0 Å². The molecule has 5 nitrogen and oxygen atoms in total. The monoisotopic (exact) mass is 339 g/mol. The fraction of sp³-hybridized carbons (Fsp3) is 0.154. The molecule has 0 atom stereocenters. The molecule has 1 aromatic carbocycles. The number of sulfonamides is 1. The number of nitrogen functional groups attached to an aromatic ring is 1. The lowest BCUT2D eigenvalue weighted by molar-refractivity contribution is 0.603. The topological polar surface area (TPSA) is 96.0 Å². The van der Waals surface area contributed by atoms with Crippen LogP contribution in [0.3, 0.4) is 0 Å². The van der Waals surface area contributed by atoms with Crippen molar-refractivity contribution in [3.05, 3.63) is 41.3 Å². The highest BCUT2D eigenvalue weighted by Gasteiger charge is 2.14. The Kier molecular flexibility index (Phi) is 5.12. The maximum absolute atomic E-state index is 12.0. The van der Waals surface area contributed by atoms with Crippen molar-refractivity contribution in [2.45, 2.75) is 4.90 Å². The molecule has 2 rings (SSSR count). The van der Waals surface area contributed by atoms with Crippen LogP contribution in [0.5, 0.6) is 0 Å². The van der Waals surface area contributed by atoms with Crippen LogP contribution in [-0.2, 0) is 10.0 Å². The number of thioether (sulfide) groups is 1. The summed E-state index contributed by atoms with van der Waals surface area (Å²) in [5.41, 5.74) is 6.66. The summed E-state index contributed by atoms with van der Waals surface area (Å²) in [6.45, 7) is 0. The molecule has 0 radical (unpaired) electrons. The van der Waals surface area contributed by atoms with E-state index in [4.69, 9.17) is 11.0 Å². The van der Waals surface area contributed by atoms with Crippen LogP contribution in [0, 0.1) is 11.3 Å². The van der Waals surface area contributed by atoms with Gasteiger partial charge < -0.3 is 5.73 Å². The number of nitrogens with two attached hydrogens (primary N) is 1. The van der Waals surface area contributed by atoms with E-state index in [1.807, 2.05) is 18.2 Å². The fourth-order valence-electron chi connectivity index (χ4n) is 1.54. The highest BCUT2D eigenvalue weighted by molar-refractivity contribution is 8.01. The number of nitrogens with zero attached hydrogens (tertiary/aromatic N) is 1. The zero-order valence-corrected chi connectivity index (χ0v) is 13.4. The molecule has 0 aliphatic carbocycles. The summed E-state index contributed by atoms with van der Waals surface area (Å²) in [4.78, 5) is 0.930. The van der Waals surface area contributed by atoms with E-state index in [1.165, 1.54) is 23.1 Å². The van der Waals surface area contributed by atoms with E-state index in [-0.39, 0.29) is 5.75 Å². The molecule has 3 N–H and O–H groups in total. The Hall–Kier alpha value is -1.69. The van der Waals surface area contributed by atoms with Crippen LogP contribution in [0.4, 0.5) is 10.7 Å². The average molecular weight is 339 g/mol. The van der Waals surface area contributed by atoms with Crippen LogP contribution in [0.25, 0.3) is 0 Å². The highest BCUT2D eigenvalue weighted by Crippen LogP contribution is 2.24. The normalized spacial score (nSPS) is 11.0. The van der Waals surface area contributed by atoms with Gasteiger partial charge in [0.15, 0.2) is 0 Å². The lowest BCUT2D eigenvalue weighted by atomic mass is 10.3. The average Bonchev–Trinajstić information content (AvgIpc) is 2.85. The van der Waals surface area contributed by atoms with Gasteiger partial charge in [-0.05, 0) is 29.6 Å². The van der Waals surface area contributed by atoms with Gasteiger partial charge in [0.25, 0.3) is 0 Å². The first-order valence-corrected chi connectivity index (χ1v) is 9.48. The highest BCUT2D eigenvalue weighted by atomic mass is 32.2. The van der Waals surface area contributed by atoms with E-state index in [0.29, 0.717) is 22.0 Å². The van der Waals surface area contributed by atoms with Gasteiger partial charge in [-0.15, -0.1) is 23.1 Å². The second-order valence-electron chi connectivity index (χ2n) is 4.12. The zero-order valence-electron chi connectivity index (χ0n) is 10.9. The largest absolute Gasteiger partial charge is 0.399 e. The Morgan fingerprint density at radius 1 is 1.38 bits per heavy atom. The minimum Gasteiger partial charge on any atom is -0.399 e. The van der Waals surface area contributed by atoms with Crippen molar-refractivity contribution in [2.24, 2.45) is 0 Å². The first-order valence-electron chi connectivity index (χ1n) is 5.96. The summed E-state index contributed by atoms with van der Waals surface area (Å²) in [6, 6.07) is 10.8. The summed E-state index contributed by atoms with van der Waals surface area (Å²) >= 11 is 2.62. The third-order valence-corrected chi connectivity index (χ3v) is 5.98. The second kappa shape index (κ2) is 6.85. The van der Waals surface area contributed by atoms with Crippen molar-refractivity contribution < 1.29 is 8.42 Å². The molecule has 2 aromatic rings. The summed E-state index contributed by atoms with van der Waals surface area (Å²) in [5, 5.41) is 10.9. The molecule has 1 heterocycles. The Labute approximate surface area is 131 Å². The standard InChI is InChI=1S/C13H13N3O2S3/c14-9-10-4-5-20-13(10)16-21(17,18)7-6-19-12-3-1-2-11(15)8-12/h1-5,8,16H,6-7,15H2. The maximum Gasteiger partial charge on any atom is 0.234 e. The van der Waals surface area contributed by atoms with Crippen LogP contribution in [0.1, 0.15) is 5.56 Å². The van der Waals surface area contributed by atoms with Gasteiger partial charge >= 0.3 is 0 Å². The molecule has 1 aromatic heterocycles. The molecule has 0 spiro atoms. The second-order valence-corrected chi connectivity index (χ2v) is 8.04. The molecule has 0 saturated carbocycles. The lowest BCUT2D eigenvalue weighted by Gasteiger charge is -2.06. The van der Waals surface area contributed by atoms with E-state index < -0.39 is 10.0 Å². The van der Waals surface area contributed by atoms with Gasteiger partial charge in [0.1, 0.15) is 11.1 Å². The number of thiophene rings is 1. The van der Waals surface area contributed by atoms with Crippen LogP contribution < -0.4 is 10.5 Å². The predicted molar refractivity (Wildman–Crippen MR) is 88.0 cm³/mol. The minimum atomic E-state index is -3.46. The van der Waals surface area contributed by atoms with Crippen LogP contribution in [-0.4, -0.2) is 19.9 Å². The summed E-state index contributed by atoms with van der Waals surface area (Å²) in [6.07, 6.45) is 0. The minimum absolute atomic E-state index is 0.0325. The van der Waals surface area contributed by atoms with Gasteiger partial charge in [-0.2, -0.15) is 5.26 Å². The Bertz CT molecular complexity index is 763. The van der Waals surface area contributed by atoms with Gasteiger partial charge in [-0.3, -0.25) is 4.72 Å². The van der Waals surface area contributed by atoms with Gasteiger partial charge in [-0.1, -0.05) is 6.07 Å². The molecular formula is C13H13N3O2S3. The zero-order chi connectivity index (χ0) is 15.3. The smallest absolute Gasteiger partial charge is 0.234 e. The Morgan fingerprint density at radius 2 is 2.19 bits per heavy atom. The molecule has 0 aliphatic rings. The van der Waals surface area contributed by atoms with Gasteiger partial charge in [0.05, 0.1) is 11.3 Å². The van der Waals surface area contributed by atoms with E-state index in [9.17, 15) is 8.42 Å². The van der Waals surface area contributed by atoms with E-state index in [1.54, 1.807) is 23.6 Å². The number of anilines is 2. The number of nitrogens with one attached hydrogen (secondary N) is 1. The van der Waals surface area contributed by atoms with Crippen LogP contribution in [0.2, 0.25) is 0 Å². The quantitative estimate of drug-likeness (QED) is 0.623. The molecule has 0 aliphatic heterocycles. The summed E-state index contributed by atoms with van der Waals surface area (Å²) in [5.74, 6) is 0.376. The third kappa shape index (κ3) is 4.67. The van der Waals surface area contributed by atoms with E-state index in [2.05, 4.69) is 4.72 Å². The first-order chi connectivity index (χ1) is 10.00. The molecule has 8 heteroatoms. The molecule has 0 fully saturated rings. The first kappa shape index (κ1) is 15.7. The molecule has 0 amide bonds. The summed E-state index contributed by atoms with van der Waals surface area (Å²) < 4.78 is 26.4. The third-order valence-electron chi connectivity index (χ3n) is 2.51. The molecule has 0 bridgehead atoms. The van der Waals surface area contributed by atoms with Crippen LogP contribution >= 0.6 is 23.1 Å². The van der Waals surface area contributed by atoms with Crippen molar-refractivity contribution in [1.29, 1.82) is 5.26 Å². The number of nitriles is 1. The summed E-state index contributed by atoms with van der Waals surface area (Å²) in [7, 11) is -3.46. The van der Waals surface area contributed by atoms with Crippen molar-refractivity contribution in [1.82, 2.24) is 0 Å². The molecular weight excluding hydrogens is 326 g/mol. The number of benzene rings is 1. The van der Waals surface area contributed by atoms with Crippen molar-refractivity contribution in [3.63, 3.8) is 0 Å². The van der Waals surface area contributed by atoms with Gasteiger partial charge in [0.2, 0.25) is 10.0 Å². The number of hydrogen-bond donors (Lipinski definition) is 2. The van der Waals surface area contributed by atoms with Crippen LogP contribution in [0.15, 0.2) is 40.6 Å². The predicted octanol–water partition coefficient (Wildman–Crippen LogP) is 2.74. The van der Waals surface area contributed by atoms with Crippen molar-refractivity contribution >= 4 is 43.8 Å². The van der Waals surface area contributed by atoms with Crippen molar-refractivity contribution in [3.8, 4) is 6.07 Å². The lowest BCUT2D eigenvalue weighted by Crippen LogP contribution is -2.17. The number of hydrogen-bond acceptors (Lipinski definition) is 6. The Balaban J connectivity index is 1.92. The van der Waals surface area contributed by atoms with E-state index in [0.717, 1.165) is 4.90 Å². The molecule has 0 unspecified atom stereocenters. The molecule has 21 heavy (non-hydrogen) atoms. The van der Waals surface area contributed by atoms with E-state index >= 15 is 0 Å². The fourth-order valence-corrected chi connectivity index (χ4v) is 5.03. The molecule has 0 saturated heterocycles. The van der Waals surface area contributed by atoms with Gasteiger partial charge in [-0.25, -0.2) is 8.42 Å². The Morgan fingerprint density at radius 3 is 2.90 bits per heavy atom. The number of rotatable bonds is 6. The van der Waals surface area contributed by atoms with Gasteiger partial charge in [0, 0.05) is 16.3 Å². The molecule has 110 valence electrons. The maximum atomic E-state index is 12.0.